The lowest BCUT2D eigenvalue weighted by molar-refractivity contribution is -0.137. The number of thioether (sulfide) groups is 1. The fourth-order valence-electron chi connectivity index (χ4n) is 2.99. The Hall–Kier alpha value is -2.09. The number of carbonyl (C=O) groups excluding carboxylic acids is 1. The van der Waals surface area contributed by atoms with Crippen molar-refractivity contribution in [3.05, 3.63) is 70.8 Å². The molecule has 2 aromatic rings. The number of rotatable bonds is 2. The summed E-state index contributed by atoms with van der Waals surface area (Å²) in [4.78, 5) is 14.1. The third-order valence-corrected chi connectivity index (χ3v) is 5.68. The van der Waals surface area contributed by atoms with Gasteiger partial charge in [-0.3, -0.25) is 4.79 Å². The summed E-state index contributed by atoms with van der Waals surface area (Å²) in [6.07, 6.45) is -4.14. The molecule has 0 aliphatic carbocycles. The van der Waals surface area contributed by atoms with Crippen LogP contribution in [0.15, 0.2) is 42.5 Å². The number of halogens is 5. The van der Waals surface area contributed by atoms with Crippen molar-refractivity contribution in [1.82, 2.24) is 4.90 Å². The third-order valence-electron chi connectivity index (χ3n) is 4.37. The third kappa shape index (κ3) is 4.61. The molecule has 1 amide bonds. The van der Waals surface area contributed by atoms with Crippen LogP contribution in [-0.4, -0.2) is 29.6 Å². The van der Waals surface area contributed by atoms with Crippen molar-refractivity contribution in [2.45, 2.75) is 17.8 Å². The topological polar surface area (TPSA) is 20.3 Å². The lowest BCUT2D eigenvalue weighted by atomic mass is 10.1. The second-order valence-electron chi connectivity index (χ2n) is 6.18. The summed E-state index contributed by atoms with van der Waals surface area (Å²) in [5, 5.41) is -0.319. The Morgan fingerprint density at radius 2 is 1.85 bits per heavy atom. The Bertz CT molecular complexity index is 839. The van der Waals surface area contributed by atoms with Gasteiger partial charge in [0.25, 0.3) is 5.91 Å². The molecule has 0 spiro atoms. The van der Waals surface area contributed by atoms with Gasteiger partial charge in [-0.05, 0) is 42.8 Å². The molecule has 1 unspecified atom stereocenters. The Labute approximate surface area is 157 Å². The van der Waals surface area contributed by atoms with Crippen LogP contribution in [0.3, 0.4) is 0 Å². The number of carbonyl (C=O) groups is 1. The van der Waals surface area contributed by atoms with Gasteiger partial charge >= 0.3 is 6.18 Å². The van der Waals surface area contributed by atoms with E-state index in [0.717, 1.165) is 30.3 Å². The standard InChI is InChI=1S/C19H16F5NOS/c20-14-4-5-16(21)15(11-14)17-6-7-25(8-9-27-17)18(26)12-2-1-3-13(10-12)19(22,23)24/h1-5,10-11,17H,6-9H2. The molecule has 3 rings (SSSR count). The minimum atomic E-state index is -4.52. The van der Waals surface area contributed by atoms with E-state index in [0.29, 0.717) is 18.7 Å². The SMILES string of the molecule is O=C(c1cccc(C(F)(F)F)c1)N1CCSC(c2cc(F)ccc2F)CC1. The van der Waals surface area contributed by atoms with Gasteiger partial charge in [-0.15, -0.1) is 0 Å². The van der Waals surface area contributed by atoms with Crippen LogP contribution < -0.4 is 0 Å². The van der Waals surface area contributed by atoms with E-state index in [-0.39, 0.29) is 22.9 Å². The molecule has 2 nitrogen and oxygen atoms in total. The molecular weight excluding hydrogens is 385 g/mol. The molecule has 0 radical (unpaired) electrons. The first kappa shape index (κ1) is 19.7. The molecule has 1 aliphatic rings. The van der Waals surface area contributed by atoms with Crippen molar-refractivity contribution in [3.8, 4) is 0 Å². The molecule has 144 valence electrons. The van der Waals surface area contributed by atoms with Crippen molar-refractivity contribution in [3.63, 3.8) is 0 Å². The lowest BCUT2D eigenvalue weighted by Crippen LogP contribution is -2.33. The Morgan fingerprint density at radius 1 is 1.07 bits per heavy atom. The Kier molecular flexibility index (Phi) is 5.74. The quantitative estimate of drug-likeness (QED) is 0.636. The van der Waals surface area contributed by atoms with Crippen LogP contribution >= 0.6 is 11.8 Å². The zero-order chi connectivity index (χ0) is 19.6. The Balaban J connectivity index is 1.74. The number of hydrogen-bond acceptors (Lipinski definition) is 2. The summed E-state index contributed by atoms with van der Waals surface area (Å²) in [7, 11) is 0. The number of alkyl halides is 3. The van der Waals surface area contributed by atoms with Crippen LogP contribution in [0.25, 0.3) is 0 Å². The molecule has 0 aromatic heterocycles. The van der Waals surface area contributed by atoms with Crippen molar-refractivity contribution in [2.24, 2.45) is 0 Å². The highest BCUT2D eigenvalue weighted by Crippen LogP contribution is 2.36. The zero-order valence-corrected chi connectivity index (χ0v) is 14.9. The summed E-state index contributed by atoms with van der Waals surface area (Å²) in [5.74, 6) is -1.06. The maximum Gasteiger partial charge on any atom is 0.416 e. The first-order valence-electron chi connectivity index (χ1n) is 8.29. The number of amides is 1. The molecular formula is C19H16F5NOS. The molecule has 8 heteroatoms. The van der Waals surface area contributed by atoms with Crippen molar-refractivity contribution >= 4 is 17.7 Å². The molecule has 1 atom stereocenters. The summed E-state index contributed by atoms with van der Waals surface area (Å²) >= 11 is 1.40. The van der Waals surface area contributed by atoms with Gasteiger partial charge in [-0.2, -0.15) is 24.9 Å². The maximum atomic E-state index is 14.0. The highest BCUT2D eigenvalue weighted by Gasteiger charge is 2.32. The summed E-state index contributed by atoms with van der Waals surface area (Å²) in [6.45, 7) is 0.579. The maximum absolute atomic E-state index is 14.0. The van der Waals surface area contributed by atoms with Crippen LogP contribution in [0.5, 0.6) is 0 Å². The summed E-state index contributed by atoms with van der Waals surface area (Å²) in [6, 6.07) is 7.57. The van der Waals surface area contributed by atoms with E-state index >= 15 is 0 Å². The van der Waals surface area contributed by atoms with Crippen molar-refractivity contribution in [2.75, 3.05) is 18.8 Å². The molecule has 0 saturated carbocycles. The van der Waals surface area contributed by atoms with Crippen LogP contribution in [-0.2, 0) is 6.18 Å². The van der Waals surface area contributed by atoms with E-state index in [1.807, 2.05) is 0 Å². The molecule has 27 heavy (non-hydrogen) atoms. The van der Waals surface area contributed by atoms with Gasteiger partial charge in [0.15, 0.2) is 0 Å². The van der Waals surface area contributed by atoms with E-state index in [2.05, 4.69) is 0 Å². The van der Waals surface area contributed by atoms with E-state index in [1.165, 1.54) is 28.8 Å². The summed E-state index contributed by atoms with van der Waals surface area (Å²) < 4.78 is 66.0. The second-order valence-corrected chi connectivity index (χ2v) is 7.50. The lowest BCUT2D eigenvalue weighted by Gasteiger charge is -2.21. The molecule has 1 saturated heterocycles. The fraction of sp³-hybridized carbons (Fsp3) is 0.316. The van der Waals surface area contributed by atoms with Gasteiger partial charge in [0, 0.05) is 35.2 Å². The molecule has 1 fully saturated rings. The van der Waals surface area contributed by atoms with Crippen LogP contribution in [0.1, 0.15) is 33.2 Å². The minimum Gasteiger partial charge on any atom is -0.338 e. The first-order chi connectivity index (χ1) is 12.8. The van der Waals surface area contributed by atoms with Gasteiger partial charge in [0.1, 0.15) is 11.6 Å². The van der Waals surface area contributed by atoms with Crippen molar-refractivity contribution in [1.29, 1.82) is 0 Å². The van der Waals surface area contributed by atoms with Crippen molar-refractivity contribution < 1.29 is 26.7 Å². The van der Waals surface area contributed by atoms with E-state index in [1.54, 1.807) is 0 Å². The van der Waals surface area contributed by atoms with E-state index < -0.39 is 29.3 Å². The summed E-state index contributed by atoms with van der Waals surface area (Å²) in [5.41, 5.74) is -0.671. The monoisotopic (exact) mass is 401 g/mol. The molecule has 0 bridgehead atoms. The van der Waals surface area contributed by atoms with Gasteiger partial charge in [0.05, 0.1) is 5.56 Å². The zero-order valence-electron chi connectivity index (χ0n) is 14.1. The number of hydrogen-bond donors (Lipinski definition) is 0. The highest BCUT2D eigenvalue weighted by molar-refractivity contribution is 7.99. The molecule has 1 heterocycles. The normalized spacial score (nSPS) is 18.3. The predicted octanol–water partition coefficient (Wildman–Crippen LogP) is 5.30. The van der Waals surface area contributed by atoms with Crippen LogP contribution in [0, 0.1) is 11.6 Å². The minimum absolute atomic E-state index is 0.0368. The molecule has 2 aromatic carbocycles. The number of benzene rings is 2. The molecule has 0 N–H and O–H groups in total. The first-order valence-corrected chi connectivity index (χ1v) is 9.33. The molecule has 1 aliphatic heterocycles. The van der Waals surface area contributed by atoms with E-state index in [9.17, 15) is 26.7 Å². The van der Waals surface area contributed by atoms with Gasteiger partial charge in [-0.25, -0.2) is 8.78 Å². The largest absolute Gasteiger partial charge is 0.416 e. The van der Waals surface area contributed by atoms with Crippen LogP contribution in [0.2, 0.25) is 0 Å². The Morgan fingerprint density at radius 3 is 2.59 bits per heavy atom. The fourth-order valence-corrected chi connectivity index (χ4v) is 4.24. The smallest absolute Gasteiger partial charge is 0.338 e. The van der Waals surface area contributed by atoms with E-state index in [4.69, 9.17) is 0 Å². The second kappa shape index (κ2) is 7.88. The number of nitrogens with zero attached hydrogens (tertiary/aromatic N) is 1. The van der Waals surface area contributed by atoms with Gasteiger partial charge in [0.2, 0.25) is 0 Å². The predicted molar refractivity (Wildman–Crippen MR) is 93.5 cm³/mol. The average Bonchev–Trinajstić information content (AvgIpc) is 2.88. The highest BCUT2D eigenvalue weighted by atomic mass is 32.2. The van der Waals surface area contributed by atoms with Gasteiger partial charge in [-0.1, -0.05) is 6.07 Å². The van der Waals surface area contributed by atoms with Gasteiger partial charge < -0.3 is 4.90 Å². The van der Waals surface area contributed by atoms with Crippen LogP contribution in [0.4, 0.5) is 22.0 Å². The average molecular weight is 401 g/mol.